The predicted octanol–water partition coefficient (Wildman–Crippen LogP) is 2.66. The molecule has 18 heavy (non-hydrogen) atoms. The monoisotopic (exact) mass is 315 g/mol. The summed E-state index contributed by atoms with van der Waals surface area (Å²) in [4.78, 5) is 11.0. The molecule has 1 aromatic rings. The van der Waals surface area contributed by atoms with E-state index in [1.165, 1.54) is 0 Å². The van der Waals surface area contributed by atoms with E-state index in [1.54, 1.807) is 13.8 Å². The maximum absolute atomic E-state index is 11.0. The van der Waals surface area contributed by atoms with Crippen LogP contribution in [-0.2, 0) is 11.3 Å². The summed E-state index contributed by atoms with van der Waals surface area (Å²) in [6.45, 7) is 4.10. The van der Waals surface area contributed by atoms with E-state index < -0.39 is 11.4 Å². The van der Waals surface area contributed by atoms with E-state index in [0.29, 0.717) is 12.3 Å². The zero-order valence-electron chi connectivity index (χ0n) is 10.8. The van der Waals surface area contributed by atoms with Crippen molar-refractivity contribution in [3.8, 4) is 5.75 Å². The van der Waals surface area contributed by atoms with Crippen LogP contribution in [0, 0.1) is 5.41 Å². The highest BCUT2D eigenvalue weighted by Crippen LogP contribution is 2.25. The largest absolute Gasteiger partial charge is 0.492 e. The number of hydrogen-bond donors (Lipinski definition) is 2. The molecule has 0 atom stereocenters. The lowest BCUT2D eigenvalue weighted by molar-refractivity contribution is -0.148. The van der Waals surface area contributed by atoms with Crippen molar-refractivity contribution >= 4 is 21.9 Å². The van der Waals surface area contributed by atoms with E-state index in [0.717, 1.165) is 10.0 Å². The van der Waals surface area contributed by atoms with Gasteiger partial charge in [0.05, 0.1) is 5.41 Å². The van der Waals surface area contributed by atoms with Gasteiger partial charge in [-0.15, -0.1) is 0 Å². The Balaban J connectivity index is 2.81. The lowest BCUT2D eigenvalue weighted by Crippen LogP contribution is -2.31. The van der Waals surface area contributed by atoms with Crippen molar-refractivity contribution in [3.63, 3.8) is 0 Å². The molecule has 1 aromatic carbocycles. The van der Waals surface area contributed by atoms with Gasteiger partial charge in [0.25, 0.3) is 0 Å². The number of aliphatic carboxylic acids is 1. The van der Waals surface area contributed by atoms with Gasteiger partial charge >= 0.3 is 5.97 Å². The molecule has 5 heteroatoms. The Bertz CT molecular complexity index is 432. The van der Waals surface area contributed by atoms with Crippen molar-refractivity contribution in [2.75, 3.05) is 13.7 Å². The summed E-state index contributed by atoms with van der Waals surface area (Å²) in [6.07, 6.45) is 0. The normalized spacial score (nSPS) is 11.3. The van der Waals surface area contributed by atoms with Gasteiger partial charge in [-0.3, -0.25) is 4.79 Å². The Labute approximate surface area is 115 Å². The summed E-state index contributed by atoms with van der Waals surface area (Å²) < 4.78 is 6.60. The molecule has 0 aliphatic heterocycles. The first kappa shape index (κ1) is 15.0. The molecule has 0 spiro atoms. The number of hydrogen-bond acceptors (Lipinski definition) is 3. The minimum absolute atomic E-state index is 0.140. The molecule has 0 saturated carbocycles. The molecule has 0 radical (unpaired) electrons. The van der Waals surface area contributed by atoms with Gasteiger partial charge in [-0.25, -0.2) is 0 Å². The van der Waals surface area contributed by atoms with E-state index in [1.807, 2.05) is 25.2 Å². The highest BCUT2D eigenvalue weighted by Gasteiger charge is 2.28. The van der Waals surface area contributed by atoms with Crippen molar-refractivity contribution < 1.29 is 14.6 Å². The second-order valence-corrected chi connectivity index (χ2v) is 5.68. The molecule has 4 nitrogen and oxygen atoms in total. The minimum atomic E-state index is -0.899. The van der Waals surface area contributed by atoms with Crippen molar-refractivity contribution in [1.29, 1.82) is 0 Å². The van der Waals surface area contributed by atoms with Crippen molar-refractivity contribution in [2.24, 2.45) is 5.41 Å². The molecule has 1 rings (SSSR count). The van der Waals surface area contributed by atoms with Gasteiger partial charge in [0, 0.05) is 16.6 Å². The molecular weight excluding hydrogens is 298 g/mol. The molecule has 0 unspecified atom stereocenters. The quantitative estimate of drug-likeness (QED) is 0.847. The van der Waals surface area contributed by atoms with Gasteiger partial charge in [-0.05, 0) is 39.1 Å². The van der Waals surface area contributed by atoms with Gasteiger partial charge < -0.3 is 15.2 Å². The van der Waals surface area contributed by atoms with Crippen molar-refractivity contribution in [3.05, 3.63) is 28.2 Å². The highest BCUT2D eigenvalue weighted by molar-refractivity contribution is 9.10. The molecule has 0 amide bonds. The summed E-state index contributed by atoms with van der Waals surface area (Å²) in [6, 6.07) is 5.68. The van der Waals surface area contributed by atoms with Crippen LogP contribution in [0.4, 0.5) is 0 Å². The van der Waals surface area contributed by atoms with Crippen molar-refractivity contribution in [1.82, 2.24) is 5.32 Å². The van der Waals surface area contributed by atoms with Crippen LogP contribution in [0.3, 0.4) is 0 Å². The van der Waals surface area contributed by atoms with E-state index >= 15 is 0 Å². The lowest BCUT2D eigenvalue weighted by Gasteiger charge is -2.21. The van der Waals surface area contributed by atoms with Crippen LogP contribution in [0.2, 0.25) is 0 Å². The molecule has 0 bridgehead atoms. The number of halogens is 1. The standard InChI is InChI=1S/C13H18BrNO3/c1-13(2,12(16)17)8-18-11-5-4-10(14)6-9(11)7-15-3/h4-6,15H,7-8H2,1-3H3,(H,16,17). The Morgan fingerprint density at radius 3 is 2.72 bits per heavy atom. The zero-order valence-corrected chi connectivity index (χ0v) is 12.4. The first-order valence-electron chi connectivity index (χ1n) is 5.66. The Morgan fingerprint density at radius 1 is 1.50 bits per heavy atom. The second kappa shape index (κ2) is 6.20. The average Bonchev–Trinajstić information content (AvgIpc) is 2.28. The Morgan fingerprint density at radius 2 is 2.17 bits per heavy atom. The van der Waals surface area contributed by atoms with Crippen LogP contribution in [0.5, 0.6) is 5.75 Å². The summed E-state index contributed by atoms with van der Waals surface area (Å²) in [7, 11) is 1.85. The molecule has 0 aliphatic carbocycles. The van der Waals surface area contributed by atoms with Gasteiger partial charge in [0.1, 0.15) is 12.4 Å². The number of carboxylic acid groups (broad SMARTS) is 1. The fourth-order valence-corrected chi connectivity index (χ4v) is 1.75. The van der Waals surface area contributed by atoms with Crippen LogP contribution >= 0.6 is 15.9 Å². The fraction of sp³-hybridized carbons (Fsp3) is 0.462. The maximum Gasteiger partial charge on any atom is 0.312 e. The SMILES string of the molecule is CNCc1cc(Br)ccc1OCC(C)(C)C(=O)O. The molecule has 0 heterocycles. The Kier molecular flexibility index (Phi) is 5.16. The van der Waals surface area contributed by atoms with Gasteiger partial charge in [0.2, 0.25) is 0 Å². The van der Waals surface area contributed by atoms with E-state index in [2.05, 4.69) is 21.2 Å². The number of ether oxygens (including phenoxy) is 1. The number of benzene rings is 1. The smallest absolute Gasteiger partial charge is 0.312 e. The maximum atomic E-state index is 11.0. The third-order valence-electron chi connectivity index (χ3n) is 2.56. The van der Waals surface area contributed by atoms with Crippen molar-refractivity contribution in [2.45, 2.75) is 20.4 Å². The molecule has 0 aliphatic rings. The molecule has 2 N–H and O–H groups in total. The van der Waals surface area contributed by atoms with Crippen LogP contribution in [-0.4, -0.2) is 24.7 Å². The van der Waals surface area contributed by atoms with Crippen LogP contribution < -0.4 is 10.1 Å². The summed E-state index contributed by atoms with van der Waals surface area (Å²) in [5, 5.41) is 12.1. The number of rotatable bonds is 6. The zero-order chi connectivity index (χ0) is 13.8. The highest BCUT2D eigenvalue weighted by atomic mass is 79.9. The van der Waals surface area contributed by atoms with E-state index in [9.17, 15) is 4.79 Å². The first-order valence-corrected chi connectivity index (χ1v) is 6.45. The lowest BCUT2D eigenvalue weighted by atomic mass is 9.95. The van der Waals surface area contributed by atoms with Gasteiger partial charge in [0.15, 0.2) is 0 Å². The molecule has 0 saturated heterocycles. The average molecular weight is 316 g/mol. The van der Waals surface area contributed by atoms with E-state index in [-0.39, 0.29) is 6.61 Å². The molecular formula is C13H18BrNO3. The number of carbonyl (C=O) groups is 1. The predicted molar refractivity (Wildman–Crippen MR) is 73.8 cm³/mol. The molecule has 0 aromatic heterocycles. The number of carboxylic acids is 1. The molecule has 100 valence electrons. The molecule has 0 fully saturated rings. The summed E-state index contributed by atoms with van der Waals surface area (Å²) >= 11 is 3.40. The third-order valence-corrected chi connectivity index (χ3v) is 3.05. The summed E-state index contributed by atoms with van der Waals surface area (Å²) in [5.74, 6) is -0.156. The third kappa shape index (κ3) is 3.99. The second-order valence-electron chi connectivity index (χ2n) is 4.76. The topological polar surface area (TPSA) is 58.6 Å². The fourth-order valence-electron chi connectivity index (χ4n) is 1.34. The van der Waals surface area contributed by atoms with Crippen LogP contribution in [0.1, 0.15) is 19.4 Å². The first-order chi connectivity index (χ1) is 8.36. The Hall–Kier alpha value is -1.07. The minimum Gasteiger partial charge on any atom is -0.492 e. The van der Waals surface area contributed by atoms with Gasteiger partial charge in [-0.1, -0.05) is 15.9 Å². The van der Waals surface area contributed by atoms with Gasteiger partial charge in [-0.2, -0.15) is 0 Å². The van der Waals surface area contributed by atoms with Crippen LogP contribution in [0.25, 0.3) is 0 Å². The van der Waals surface area contributed by atoms with E-state index in [4.69, 9.17) is 9.84 Å². The summed E-state index contributed by atoms with van der Waals surface area (Å²) in [5.41, 5.74) is 0.0948. The number of nitrogens with one attached hydrogen (secondary N) is 1. The van der Waals surface area contributed by atoms with Crippen LogP contribution in [0.15, 0.2) is 22.7 Å².